The highest BCUT2D eigenvalue weighted by molar-refractivity contribution is 6.30. The number of carbonyl (C=O) groups is 2. The highest BCUT2D eigenvalue weighted by atomic mass is 35.5. The van der Waals surface area contributed by atoms with E-state index < -0.39 is 16.9 Å². The number of amides is 2. The molecule has 8 nitrogen and oxygen atoms in total. The minimum Gasteiger partial charge on any atom is -0.340 e. The van der Waals surface area contributed by atoms with E-state index in [0.29, 0.717) is 22.6 Å². The second-order valence-corrected chi connectivity index (χ2v) is 7.18. The normalized spacial score (nSPS) is 12.0. The molecule has 0 aliphatic heterocycles. The number of hydrogen-bond donors (Lipinski definition) is 2. The Morgan fingerprint density at radius 2 is 1.76 bits per heavy atom. The number of rotatable bonds is 8. The van der Waals surface area contributed by atoms with E-state index in [9.17, 15) is 19.7 Å². The molecule has 2 rings (SSSR count). The van der Waals surface area contributed by atoms with Gasteiger partial charge in [-0.15, -0.1) is 0 Å². The van der Waals surface area contributed by atoms with Crippen LogP contribution in [0.15, 0.2) is 53.6 Å². The number of non-ortho nitro benzene ring substituents is 1. The molecule has 2 aromatic rings. The SMILES string of the molecule is CC(C)CC(NC(=O)c1ccc(Cl)cc1)C(=O)N/N=C/c1ccc([N+](=O)[O-])cc1. The second-order valence-electron chi connectivity index (χ2n) is 6.75. The first-order valence-electron chi connectivity index (χ1n) is 8.90. The fraction of sp³-hybridized carbons (Fsp3) is 0.250. The van der Waals surface area contributed by atoms with Crippen molar-refractivity contribution in [2.24, 2.45) is 11.0 Å². The topological polar surface area (TPSA) is 114 Å². The lowest BCUT2D eigenvalue weighted by Crippen LogP contribution is -2.46. The minimum atomic E-state index is -0.771. The standard InChI is InChI=1S/C20H21ClN4O4/c1-13(2)11-18(23-19(26)15-5-7-16(21)8-6-15)20(27)24-22-12-14-3-9-17(10-4-14)25(28)29/h3-10,12-13,18H,11H2,1-2H3,(H,23,26)(H,24,27)/b22-12+. The fourth-order valence-electron chi connectivity index (χ4n) is 2.48. The van der Waals surface area contributed by atoms with Gasteiger partial charge in [-0.25, -0.2) is 5.43 Å². The molecule has 0 heterocycles. The number of nitro groups is 1. The molecule has 0 saturated carbocycles. The van der Waals surface area contributed by atoms with Crippen LogP contribution in [0, 0.1) is 16.0 Å². The maximum absolute atomic E-state index is 12.5. The van der Waals surface area contributed by atoms with Crippen molar-refractivity contribution in [1.82, 2.24) is 10.7 Å². The summed E-state index contributed by atoms with van der Waals surface area (Å²) in [4.78, 5) is 35.1. The molecule has 0 saturated heterocycles. The maximum atomic E-state index is 12.5. The first kappa shape index (κ1) is 22.0. The zero-order valence-electron chi connectivity index (χ0n) is 16.0. The molecule has 0 aliphatic carbocycles. The number of hydrazone groups is 1. The molecule has 0 aromatic heterocycles. The van der Waals surface area contributed by atoms with Gasteiger partial charge in [0, 0.05) is 22.7 Å². The molecule has 0 fully saturated rings. The molecular formula is C20H21ClN4O4. The van der Waals surface area contributed by atoms with E-state index in [2.05, 4.69) is 15.8 Å². The molecule has 2 aromatic carbocycles. The first-order chi connectivity index (χ1) is 13.8. The van der Waals surface area contributed by atoms with Gasteiger partial charge in [-0.1, -0.05) is 25.4 Å². The van der Waals surface area contributed by atoms with Crippen LogP contribution >= 0.6 is 11.6 Å². The van der Waals surface area contributed by atoms with Crippen LogP contribution in [0.4, 0.5) is 5.69 Å². The third kappa shape index (κ3) is 7.00. The zero-order chi connectivity index (χ0) is 21.4. The van der Waals surface area contributed by atoms with Crippen LogP contribution in [-0.2, 0) is 4.79 Å². The van der Waals surface area contributed by atoms with Gasteiger partial charge in [-0.2, -0.15) is 5.10 Å². The van der Waals surface area contributed by atoms with Crippen LogP contribution in [0.1, 0.15) is 36.2 Å². The summed E-state index contributed by atoms with van der Waals surface area (Å²) in [7, 11) is 0. The molecule has 2 N–H and O–H groups in total. The molecule has 152 valence electrons. The monoisotopic (exact) mass is 416 g/mol. The van der Waals surface area contributed by atoms with Crippen LogP contribution < -0.4 is 10.7 Å². The van der Waals surface area contributed by atoms with Gasteiger partial charge in [0.1, 0.15) is 6.04 Å². The number of benzene rings is 2. The Morgan fingerprint density at radius 1 is 1.14 bits per heavy atom. The number of nitrogens with one attached hydrogen (secondary N) is 2. The van der Waals surface area contributed by atoms with E-state index in [1.165, 1.54) is 30.5 Å². The van der Waals surface area contributed by atoms with Crippen molar-refractivity contribution in [2.45, 2.75) is 26.3 Å². The van der Waals surface area contributed by atoms with Crippen molar-refractivity contribution in [3.63, 3.8) is 0 Å². The third-order valence-corrected chi connectivity index (χ3v) is 4.18. The third-order valence-electron chi connectivity index (χ3n) is 3.93. The van der Waals surface area contributed by atoms with Gasteiger partial charge in [-0.05, 0) is 54.3 Å². The lowest BCUT2D eigenvalue weighted by Gasteiger charge is -2.19. The molecule has 0 spiro atoms. The number of carbonyl (C=O) groups excluding carboxylic acids is 2. The minimum absolute atomic E-state index is 0.0342. The first-order valence-corrected chi connectivity index (χ1v) is 9.28. The van der Waals surface area contributed by atoms with Crippen molar-refractivity contribution in [1.29, 1.82) is 0 Å². The Labute approximate surface area is 173 Å². The summed E-state index contributed by atoms with van der Waals surface area (Å²) in [5.74, 6) is -0.684. The Balaban J connectivity index is 2.01. The molecule has 0 aliphatic rings. The van der Waals surface area contributed by atoms with Crippen molar-refractivity contribution in [3.8, 4) is 0 Å². The van der Waals surface area contributed by atoms with E-state index in [1.807, 2.05) is 13.8 Å². The number of hydrogen-bond acceptors (Lipinski definition) is 5. The molecule has 2 amide bonds. The van der Waals surface area contributed by atoms with Crippen LogP contribution in [0.3, 0.4) is 0 Å². The zero-order valence-corrected chi connectivity index (χ0v) is 16.7. The largest absolute Gasteiger partial charge is 0.340 e. The maximum Gasteiger partial charge on any atom is 0.269 e. The number of halogens is 1. The summed E-state index contributed by atoms with van der Waals surface area (Å²) in [5, 5.41) is 17.8. The van der Waals surface area contributed by atoms with Crippen molar-refractivity contribution < 1.29 is 14.5 Å². The predicted octanol–water partition coefficient (Wildman–Crippen LogP) is 3.54. The Bertz CT molecular complexity index is 896. The summed E-state index contributed by atoms with van der Waals surface area (Å²) in [5.41, 5.74) is 3.35. The molecule has 0 radical (unpaired) electrons. The van der Waals surface area contributed by atoms with Gasteiger partial charge in [0.2, 0.25) is 0 Å². The number of nitrogens with zero attached hydrogens (tertiary/aromatic N) is 2. The quantitative estimate of drug-likeness (QED) is 0.389. The predicted molar refractivity (Wildman–Crippen MR) is 111 cm³/mol. The van der Waals surface area contributed by atoms with Crippen LogP contribution in [0.2, 0.25) is 5.02 Å². The van der Waals surface area contributed by atoms with Crippen molar-refractivity contribution in [2.75, 3.05) is 0 Å². The molecule has 9 heteroatoms. The summed E-state index contributed by atoms with van der Waals surface area (Å²) >= 11 is 5.83. The fourth-order valence-corrected chi connectivity index (χ4v) is 2.60. The van der Waals surface area contributed by atoms with Gasteiger partial charge in [0.15, 0.2) is 0 Å². The van der Waals surface area contributed by atoms with Gasteiger partial charge in [-0.3, -0.25) is 19.7 Å². The van der Waals surface area contributed by atoms with Crippen LogP contribution in [-0.4, -0.2) is 29.0 Å². The summed E-state index contributed by atoms with van der Waals surface area (Å²) < 4.78 is 0. The lowest BCUT2D eigenvalue weighted by atomic mass is 10.0. The van der Waals surface area contributed by atoms with Gasteiger partial charge >= 0.3 is 0 Å². The van der Waals surface area contributed by atoms with Gasteiger partial charge < -0.3 is 5.32 Å². The Morgan fingerprint density at radius 3 is 2.31 bits per heavy atom. The molecular weight excluding hydrogens is 396 g/mol. The molecule has 29 heavy (non-hydrogen) atoms. The van der Waals surface area contributed by atoms with E-state index in [0.717, 1.165) is 0 Å². The van der Waals surface area contributed by atoms with E-state index >= 15 is 0 Å². The van der Waals surface area contributed by atoms with E-state index in [1.54, 1.807) is 24.3 Å². The number of nitro benzene ring substituents is 1. The van der Waals surface area contributed by atoms with Gasteiger partial charge in [0.25, 0.3) is 17.5 Å². The molecule has 0 bridgehead atoms. The van der Waals surface area contributed by atoms with E-state index in [-0.39, 0.29) is 17.5 Å². The summed E-state index contributed by atoms with van der Waals surface area (Å²) in [6.07, 6.45) is 1.80. The lowest BCUT2D eigenvalue weighted by molar-refractivity contribution is -0.384. The van der Waals surface area contributed by atoms with Crippen molar-refractivity contribution in [3.05, 3.63) is 74.8 Å². The van der Waals surface area contributed by atoms with Crippen LogP contribution in [0.5, 0.6) is 0 Å². The Kier molecular flexibility index (Phi) is 7.85. The summed E-state index contributed by atoms with van der Waals surface area (Å²) in [6.45, 7) is 3.88. The average molecular weight is 417 g/mol. The highest BCUT2D eigenvalue weighted by Crippen LogP contribution is 2.12. The summed E-state index contributed by atoms with van der Waals surface area (Å²) in [6, 6.07) is 11.3. The van der Waals surface area contributed by atoms with Crippen molar-refractivity contribution >= 4 is 35.3 Å². The van der Waals surface area contributed by atoms with Gasteiger partial charge in [0.05, 0.1) is 11.1 Å². The molecule has 1 unspecified atom stereocenters. The second kappa shape index (κ2) is 10.3. The average Bonchev–Trinajstić information content (AvgIpc) is 2.68. The molecule has 1 atom stereocenters. The Hall–Kier alpha value is -3.26. The smallest absolute Gasteiger partial charge is 0.269 e. The highest BCUT2D eigenvalue weighted by Gasteiger charge is 2.22. The van der Waals surface area contributed by atoms with Crippen LogP contribution in [0.25, 0.3) is 0 Å². The van der Waals surface area contributed by atoms with E-state index in [4.69, 9.17) is 11.6 Å².